The van der Waals surface area contributed by atoms with Gasteiger partial charge in [0.25, 0.3) is 5.91 Å². The highest BCUT2D eigenvalue weighted by molar-refractivity contribution is 7.18. The van der Waals surface area contributed by atoms with Crippen molar-refractivity contribution in [2.45, 2.75) is 6.54 Å². The summed E-state index contributed by atoms with van der Waals surface area (Å²) in [7, 11) is 2.08. The number of rotatable bonds is 7. The van der Waals surface area contributed by atoms with Gasteiger partial charge in [0, 0.05) is 0 Å². The molecule has 156 valence electrons. The van der Waals surface area contributed by atoms with Crippen LogP contribution in [0.2, 0.25) is 0 Å². The fourth-order valence-electron chi connectivity index (χ4n) is 3.89. The molecule has 2 aromatic carbocycles. The van der Waals surface area contributed by atoms with E-state index >= 15 is 0 Å². The number of benzene rings is 2. The molecule has 1 atom stereocenters. The van der Waals surface area contributed by atoms with Crippen molar-refractivity contribution < 1.29 is 14.6 Å². The molecule has 1 saturated heterocycles. The molecule has 0 radical (unpaired) electrons. The lowest BCUT2D eigenvalue weighted by molar-refractivity contribution is -0.898. The summed E-state index contributed by atoms with van der Waals surface area (Å²) in [5.74, 6) is 0.257. The number of hydrogen-bond acceptors (Lipinski definition) is 3. The van der Waals surface area contributed by atoms with Crippen LogP contribution in [0.3, 0.4) is 0 Å². The minimum absolute atomic E-state index is 0.257. The van der Waals surface area contributed by atoms with E-state index in [2.05, 4.69) is 49.5 Å². The molecule has 2 N–H and O–H groups in total. The molecule has 1 aliphatic rings. The van der Waals surface area contributed by atoms with Crippen LogP contribution in [0.1, 0.15) is 10.6 Å². The van der Waals surface area contributed by atoms with E-state index in [1.165, 1.54) is 15.2 Å². The van der Waals surface area contributed by atoms with Gasteiger partial charge in [-0.2, -0.15) is 0 Å². The van der Waals surface area contributed by atoms with Crippen molar-refractivity contribution >= 4 is 33.5 Å². The molecule has 1 aromatic heterocycles. The van der Waals surface area contributed by atoms with Gasteiger partial charge in [-0.1, -0.05) is 48.5 Å². The lowest BCUT2D eigenvalue weighted by atomic mass is 10.2. The molecule has 0 aliphatic carbocycles. The van der Waals surface area contributed by atoms with Crippen LogP contribution in [-0.2, 0) is 11.3 Å². The first-order valence-corrected chi connectivity index (χ1v) is 11.5. The maximum absolute atomic E-state index is 12.7. The van der Waals surface area contributed by atoms with Crippen LogP contribution < -0.4 is 9.80 Å². The number of thiazole rings is 1. The number of hydrogen-bond donors (Lipinski definition) is 2. The van der Waals surface area contributed by atoms with Crippen molar-refractivity contribution in [3.8, 4) is 0 Å². The number of nitrogens with zero attached hydrogens (tertiary/aromatic N) is 2. The van der Waals surface area contributed by atoms with E-state index in [1.54, 1.807) is 16.2 Å². The lowest BCUT2D eigenvalue weighted by Gasteiger charge is -2.32. The number of quaternary nitrogens is 2. The van der Waals surface area contributed by atoms with E-state index in [0.29, 0.717) is 6.54 Å². The molecule has 6 heteroatoms. The predicted molar refractivity (Wildman–Crippen MR) is 123 cm³/mol. The van der Waals surface area contributed by atoms with Crippen LogP contribution in [0.5, 0.6) is 0 Å². The molecule has 0 spiro atoms. The van der Waals surface area contributed by atoms with Gasteiger partial charge in [0.15, 0.2) is 6.54 Å². The molecule has 1 aliphatic heterocycles. The third-order valence-electron chi connectivity index (χ3n) is 5.58. The third-order valence-corrected chi connectivity index (χ3v) is 6.62. The second kappa shape index (κ2) is 9.98. The van der Waals surface area contributed by atoms with Gasteiger partial charge in [0.05, 0.1) is 50.0 Å². The zero-order valence-electron chi connectivity index (χ0n) is 17.5. The minimum Gasteiger partial charge on any atom is -0.329 e. The molecule has 1 fully saturated rings. The minimum atomic E-state index is 0.257. The van der Waals surface area contributed by atoms with Crippen molar-refractivity contribution in [2.24, 2.45) is 0 Å². The van der Waals surface area contributed by atoms with Crippen LogP contribution in [-0.4, -0.2) is 62.1 Å². The molecule has 1 unspecified atom stereocenters. The monoisotopic (exact) mass is 422 g/mol. The number of likely N-dealkylation sites (N-methyl/N-ethyl adjacent to an activating group) is 1. The Balaban J connectivity index is 1.20. The third kappa shape index (κ3) is 5.53. The summed E-state index contributed by atoms with van der Waals surface area (Å²) >= 11 is 1.73. The number of para-hydroxylation sites is 1. The van der Waals surface area contributed by atoms with E-state index in [-0.39, 0.29) is 5.91 Å². The van der Waals surface area contributed by atoms with E-state index in [4.69, 9.17) is 4.98 Å². The second-order valence-corrected chi connectivity index (χ2v) is 9.15. The highest BCUT2D eigenvalue weighted by Crippen LogP contribution is 2.20. The number of amides is 1. The molecule has 5 nitrogen and oxygen atoms in total. The van der Waals surface area contributed by atoms with Gasteiger partial charge < -0.3 is 14.7 Å². The fourth-order valence-corrected chi connectivity index (χ4v) is 4.97. The lowest BCUT2D eigenvalue weighted by Crippen LogP contribution is -3.15. The average Bonchev–Trinajstić information content (AvgIpc) is 3.17. The molecular weight excluding hydrogens is 392 g/mol. The van der Waals surface area contributed by atoms with Gasteiger partial charge in [-0.3, -0.25) is 4.79 Å². The van der Waals surface area contributed by atoms with E-state index in [9.17, 15) is 4.79 Å². The summed E-state index contributed by atoms with van der Waals surface area (Å²) in [5.41, 5.74) is 2.29. The Bertz CT molecular complexity index is 960. The molecular formula is C24H30N4OS+2. The van der Waals surface area contributed by atoms with E-state index in [0.717, 1.165) is 49.8 Å². The number of fused-ring (bicyclic) bond motifs is 1. The smallest absolute Gasteiger partial charge is 0.278 e. The summed E-state index contributed by atoms with van der Waals surface area (Å²) in [6.45, 7) is 6.06. The highest BCUT2D eigenvalue weighted by atomic mass is 32.1. The molecule has 4 rings (SSSR count). The van der Waals surface area contributed by atoms with Gasteiger partial charge in [-0.25, -0.2) is 4.98 Å². The Morgan fingerprint density at radius 1 is 1.13 bits per heavy atom. The summed E-state index contributed by atoms with van der Waals surface area (Å²) in [6, 6.07) is 18.6. The Morgan fingerprint density at radius 2 is 1.87 bits per heavy atom. The molecule has 0 saturated carbocycles. The Labute approximate surface area is 182 Å². The maximum atomic E-state index is 12.7. The van der Waals surface area contributed by atoms with Gasteiger partial charge >= 0.3 is 0 Å². The normalized spacial score (nSPS) is 16.4. The van der Waals surface area contributed by atoms with Crippen LogP contribution >= 0.6 is 11.3 Å². The number of carbonyl (C=O) groups excluding carboxylic acids is 1. The summed E-state index contributed by atoms with van der Waals surface area (Å²) in [4.78, 5) is 22.2. The zero-order valence-corrected chi connectivity index (χ0v) is 18.3. The van der Waals surface area contributed by atoms with Crippen LogP contribution in [0.4, 0.5) is 0 Å². The van der Waals surface area contributed by atoms with E-state index in [1.807, 2.05) is 29.2 Å². The fraction of sp³-hybridized carbons (Fsp3) is 0.333. The Kier molecular flexibility index (Phi) is 6.89. The number of carbonyl (C=O) groups is 1. The molecule has 1 amide bonds. The SMILES string of the molecule is C[NH+](CC(=O)N1CC[NH+](C/C=C/c2ccccc2)CC1)Cc1nc2ccccc2s1. The second-order valence-electron chi connectivity index (χ2n) is 8.03. The predicted octanol–water partition coefficient (Wildman–Crippen LogP) is 0.752. The topological polar surface area (TPSA) is 42.1 Å². The largest absolute Gasteiger partial charge is 0.329 e. The first-order valence-electron chi connectivity index (χ1n) is 10.7. The van der Waals surface area contributed by atoms with Gasteiger partial charge in [0.1, 0.15) is 11.6 Å². The number of piperazine rings is 1. The van der Waals surface area contributed by atoms with Crippen molar-refractivity contribution in [1.29, 1.82) is 0 Å². The highest BCUT2D eigenvalue weighted by Gasteiger charge is 2.25. The number of aromatic nitrogens is 1. The zero-order chi connectivity index (χ0) is 20.8. The molecule has 0 bridgehead atoms. The first kappa shape index (κ1) is 20.7. The molecule has 30 heavy (non-hydrogen) atoms. The van der Waals surface area contributed by atoms with Gasteiger partial charge in [0.2, 0.25) is 0 Å². The van der Waals surface area contributed by atoms with Crippen molar-refractivity contribution in [1.82, 2.24) is 9.88 Å². The standard InChI is InChI=1S/C24H28N4OS/c1-26(18-23-25-21-11-5-6-12-22(21)30-23)19-24(29)28-16-14-27(15-17-28)13-7-10-20-8-3-2-4-9-20/h2-12H,13-19H2,1H3/p+2/b10-7+. The average molecular weight is 423 g/mol. The van der Waals surface area contributed by atoms with Crippen molar-refractivity contribution in [2.75, 3.05) is 46.3 Å². The maximum Gasteiger partial charge on any atom is 0.278 e. The Morgan fingerprint density at radius 3 is 2.63 bits per heavy atom. The van der Waals surface area contributed by atoms with Gasteiger partial charge in [-0.05, 0) is 23.8 Å². The first-order chi connectivity index (χ1) is 14.7. The van der Waals surface area contributed by atoms with E-state index < -0.39 is 0 Å². The summed E-state index contributed by atoms with van der Waals surface area (Å²) in [5, 5.41) is 1.10. The quantitative estimate of drug-likeness (QED) is 0.590. The van der Waals surface area contributed by atoms with Crippen LogP contribution in [0.25, 0.3) is 16.3 Å². The number of nitrogens with one attached hydrogen (secondary N) is 2. The van der Waals surface area contributed by atoms with Crippen molar-refractivity contribution in [3.63, 3.8) is 0 Å². The summed E-state index contributed by atoms with van der Waals surface area (Å²) < 4.78 is 1.21. The molecule has 3 aromatic rings. The molecule has 2 heterocycles. The van der Waals surface area contributed by atoms with Crippen LogP contribution in [0, 0.1) is 0 Å². The summed E-state index contributed by atoms with van der Waals surface area (Å²) in [6.07, 6.45) is 4.43. The van der Waals surface area contributed by atoms with Crippen LogP contribution in [0.15, 0.2) is 60.7 Å². The Hall–Kier alpha value is -2.54. The van der Waals surface area contributed by atoms with Gasteiger partial charge in [-0.15, -0.1) is 11.3 Å². The van der Waals surface area contributed by atoms with Crippen molar-refractivity contribution in [3.05, 3.63) is 71.2 Å².